The van der Waals surface area contributed by atoms with Crippen LogP contribution >= 0.6 is 0 Å². The molecule has 4 aromatic rings. The number of ether oxygens (including phenoxy) is 1. The van der Waals surface area contributed by atoms with E-state index in [1.165, 1.54) is 28.9 Å². The van der Waals surface area contributed by atoms with Crippen molar-refractivity contribution < 1.29 is 22.7 Å². The predicted molar refractivity (Wildman–Crippen MR) is 199 cm³/mol. The third kappa shape index (κ3) is 8.48. The normalized spacial score (nSPS) is 20.6. The Morgan fingerprint density at radius 3 is 2.43 bits per heavy atom. The highest BCUT2D eigenvalue weighted by Crippen LogP contribution is 2.37. The van der Waals surface area contributed by atoms with Crippen molar-refractivity contribution in [2.45, 2.75) is 77.0 Å². The van der Waals surface area contributed by atoms with Crippen LogP contribution in [-0.4, -0.2) is 63.9 Å². The third-order valence-corrected chi connectivity index (χ3v) is 11.4. The lowest BCUT2D eigenvalue weighted by Crippen LogP contribution is -2.42. The second kappa shape index (κ2) is 14.9. The minimum Gasteiger partial charge on any atom is -0.443 e. The van der Waals surface area contributed by atoms with Crippen molar-refractivity contribution in [2.24, 2.45) is 17.8 Å². The Balaban J connectivity index is 1.24. The zero-order valence-corrected chi connectivity index (χ0v) is 30.8. The summed E-state index contributed by atoms with van der Waals surface area (Å²) in [5.74, 6) is 0.287. The van der Waals surface area contributed by atoms with E-state index in [2.05, 4.69) is 70.4 Å². The van der Waals surface area contributed by atoms with Crippen molar-refractivity contribution >= 4 is 38.9 Å². The summed E-state index contributed by atoms with van der Waals surface area (Å²) in [6.45, 7) is 10.7. The maximum Gasteiger partial charge on any atom is 0.416 e. The molecule has 0 bridgehead atoms. The van der Waals surface area contributed by atoms with Gasteiger partial charge in [-0.25, -0.2) is 27.2 Å². The molecule has 0 aliphatic heterocycles. The van der Waals surface area contributed by atoms with E-state index in [1.807, 2.05) is 13.0 Å². The molecule has 268 valence electrons. The molecule has 0 radical (unpaired) electrons. The first-order valence-corrected chi connectivity index (χ1v) is 19.0. The van der Waals surface area contributed by atoms with Gasteiger partial charge in [-0.15, -0.1) is 0 Å². The van der Waals surface area contributed by atoms with Gasteiger partial charge in [0.15, 0.2) is 17.2 Å². The van der Waals surface area contributed by atoms with Crippen LogP contribution in [0.4, 0.5) is 10.6 Å². The average Bonchev–Trinajstić information content (AvgIpc) is 3.71. The third-order valence-electron chi connectivity index (χ3n) is 9.68. The molecule has 6 rings (SSSR count). The number of carbonyl (C=O) groups is 2. The molecular weight excluding hydrogens is 663 g/mol. The average molecular weight is 710 g/mol. The molecule has 0 N–H and O–H groups in total. The first-order valence-electron chi connectivity index (χ1n) is 17.6. The van der Waals surface area contributed by atoms with Gasteiger partial charge in [0.2, 0.25) is 0 Å². The highest BCUT2D eigenvalue weighted by atomic mass is 32.2. The number of rotatable bonds is 11. The molecule has 11 heteroatoms. The van der Waals surface area contributed by atoms with Crippen LogP contribution in [-0.2, 0) is 26.1 Å². The predicted octanol–water partition coefficient (Wildman–Crippen LogP) is 7.34. The first-order chi connectivity index (χ1) is 24.3. The second-order valence-corrected chi connectivity index (χ2v) is 16.6. The number of aromatic nitrogens is 3. The Morgan fingerprint density at radius 2 is 1.75 bits per heavy atom. The van der Waals surface area contributed by atoms with E-state index in [0.717, 1.165) is 35.5 Å². The van der Waals surface area contributed by atoms with Crippen molar-refractivity contribution in [3.63, 3.8) is 0 Å². The number of anilines is 1. The Kier molecular flexibility index (Phi) is 10.6. The summed E-state index contributed by atoms with van der Waals surface area (Å²) < 4.78 is 33.8. The van der Waals surface area contributed by atoms with Crippen molar-refractivity contribution in [3.8, 4) is 0 Å². The summed E-state index contributed by atoms with van der Waals surface area (Å²) in [6.07, 6.45) is 13.2. The lowest BCUT2D eigenvalue weighted by molar-refractivity contribution is -0.122. The molecule has 4 atom stereocenters. The number of fused-ring (bicyclic) bond motifs is 1. The van der Waals surface area contributed by atoms with Gasteiger partial charge in [-0.2, -0.15) is 0 Å². The molecule has 0 spiro atoms. The van der Waals surface area contributed by atoms with E-state index >= 15 is 0 Å². The Labute approximate surface area is 300 Å². The topological polar surface area (TPSA) is 115 Å². The molecule has 2 heterocycles. The van der Waals surface area contributed by atoms with Gasteiger partial charge in [0.25, 0.3) is 10.0 Å². The van der Waals surface area contributed by atoms with Crippen molar-refractivity contribution in [1.29, 1.82) is 0 Å². The molecule has 0 saturated heterocycles. The lowest BCUT2D eigenvalue weighted by atomic mass is 9.93. The van der Waals surface area contributed by atoms with E-state index in [4.69, 9.17) is 4.74 Å². The minimum absolute atomic E-state index is 0.0718. The fraction of sp³-hybridized carbons (Fsp3) is 0.400. The number of carbonyl (C=O) groups excluding carboxylic acids is 2. The standard InChI is InChI=1S/C40H47N5O5S/c1-28-16-18-33(19-17-28)51(48,49)45-21-20-35-38(45)41-24-37(42-35)44(39(47)50-40(3,4)5)27-36(46)34-23-32(22-29(34)2)43(25-30-12-8-6-9-13-30)26-31-14-10-7-11-15-31/h6-14,16-21,24,29,31-32,34H,15,22-23,25-27H2,1-5H3. The van der Waals surface area contributed by atoms with Gasteiger partial charge < -0.3 is 4.74 Å². The van der Waals surface area contributed by atoms with Crippen LogP contribution in [0.15, 0.2) is 102 Å². The van der Waals surface area contributed by atoms with Crippen LogP contribution < -0.4 is 4.90 Å². The van der Waals surface area contributed by atoms with E-state index in [1.54, 1.807) is 45.0 Å². The number of allylic oxidation sites excluding steroid dienone is 3. The summed E-state index contributed by atoms with van der Waals surface area (Å²) in [7, 11) is -3.95. The molecule has 4 unspecified atom stereocenters. The van der Waals surface area contributed by atoms with E-state index in [0.29, 0.717) is 12.3 Å². The monoisotopic (exact) mass is 709 g/mol. The molecule has 10 nitrogen and oxygen atoms in total. The quantitative estimate of drug-likeness (QED) is 0.159. The maximum atomic E-state index is 14.2. The molecule has 51 heavy (non-hydrogen) atoms. The summed E-state index contributed by atoms with van der Waals surface area (Å²) in [6, 6.07) is 18.7. The number of amides is 1. The van der Waals surface area contributed by atoms with Crippen molar-refractivity contribution in [2.75, 3.05) is 18.0 Å². The smallest absolute Gasteiger partial charge is 0.416 e. The van der Waals surface area contributed by atoms with Crippen LogP contribution in [0.2, 0.25) is 0 Å². The summed E-state index contributed by atoms with van der Waals surface area (Å²) in [5, 5.41) is 0. The molecule has 1 saturated carbocycles. The van der Waals surface area contributed by atoms with Gasteiger partial charge in [-0.1, -0.05) is 79.3 Å². The first kappa shape index (κ1) is 36.2. The van der Waals surface area contributed by atoms with Crippen LogP contribution in [0.1, 0.15) is 58.1 Å². The number of Topliss-reactive ketones (excluding diaryl/α,β-unsaturated/α-hetero) is 1. The largest absolute Gasteiger partial charge is 0.443 e. The molecule has 1 fully saturated rings. The summed E-state index contributed by atoms with van der Waals surface area (Å²) >= 11 is 0. The lowest BCUT2D eigenvalue weighted by Gasteiger charge is -2.32. The van der Waals surface area contributed by atoms with Gasteiger partial charge in [-0.05, 0) is 82.6 Å². The Morgan fingerprint density at radius 1 is 1.00 bits per heavy atom. The van der Waals surface area contributed by atoms with Gasteiger partial charge in [-0.3, -0.25) is 14.6 Å². The van der Waals surface area contributed by atoms with Crippen LogP contribution in [0.25, 0.3) is 11.2 Å². The SMILES string of the molecule is Cc1ccc(S(=O)(=O)n2ccc3nc(N(CC(=O)C4CC(N(Cc5ccccc5)CC5C=CC=CC5)CC4C)C(=O)OC(C)(C)C)cnc32)cc1. The maximum absolute atomic E-state index is 14.2. The fourth-order valence-electron chi connectivity index (χ4n) is 7.05. The Hall–Kier alpha value is -4.61. The summed E-state index contributed by atoms with van der Waals surface area (Å²) in [4.78, 5) is 40.8. The van der Waals surface area contributed by atoms with Crippen LogP contribution in [0, 0.1) is 24.7 Å². The van der Waals surface area contributed by atoms with E-state index in [9.17, 15) is 18.0 Å². The number of hydrogen-bond acceptors (Lipinski definition) is 8. The van der Waals surface area contributed by atoms with Gasteiger partial charge >= 0.3 is 6.09 Å². The van der Waals surface area contributed by atoms with E-state index < -0.39 is 21.7 Å². The number of nitrogens with zero attached hydrogens (tertiary/aromatic N) is 5. The highest BCUT2D eigenvalue weighted by Gasteiger charge is 2.40. The molecule has 2 aliphatic rings. The summed E-state index contributed by atoms with van der Waals surface area (Å²) in [5.41, 5.74) is 1.73. The van der Waals surface area contributed by atoms with Gasteiger partial charge in [0.1, 0.15) is 11.1 Å². The molecule has 2 aromatic heterocycles. The van der Waals surface area contributed by atoms with Gasteiger partial charge in [0.05, 0.1) is 17.6 Å². The Bertz CT molecular complexity index is 2030. The molecule has 2 aromatic carbocycles. The van der Waals surface area contributed by atoms with Crippen molar-refractivity contribution in [3.05, 3.63) is 108 Å². The second-order valence-electron chi connectivity index (χ2n) is 14.8. The zero-order valence-electron chi connectivity index (χ0n) is 30.0. The fourth-order valence-corrected chi connectivity index (χ4v) is 8.34. The number of ketones is 1. The van der Waals surface area contributed by atoms with Crippen LogP contribution in [0.5, 0.6) is 0 Å². The molecule has 2 aliphatic carbocycles. The molecular formula is C40H47N5O5S. The number of hydrogen-bond donors (Lipinski definition) is 0. The minimum atomic E-state index is -3.95. The van der Waals surface area contributed by atoms with Gasteiger partial charge in [0, 0.05) is 31.2 Å². The molecule has 1 amide bonds. The zero-order chi connectivity index (χ0) is 36.3. The highest BCUT2D eigenvalue weighted by molar-refractivity contribution is 7.90. The number of aryl methyl sites for hydroxylation is 1. The van der Waals surface area contributed by atoms with Crippen molar-refractivity contribution in [1.82, 2.24) is 18.8 Å². The number of benzene rings is 2. The van der Waals surface area contributed by atoms with E-state index in [-0.39, 0.29) is 52.1 Å². The van der Waals surface area contributed by atoms with Crippen LogP contribution in [0.3, 0.4) is 0 Å².